The highest BCUT2D eigenvalue weighted by Crippen LogP contribution is 2.46. The Balaban J connectivity index is 1.55. The summed E-state index contributed by atoms with van der Waals surface area (Å²) in [5.74, 6) is 0.100. The maximum atomic E-state index is 13.0. The number of methoxy groups -OCH3 is 2. The minimum Gasteiger partial charge on any atom is -0.493 e. The smallest absolute Gasteiger partial charge is 0.340 e. The molecule has 1 atom stereocenters. The van der Waals surface area contributed by atoms with Crippen molar-refractivity contribution in [2.24, 2.45) is 5.73 Å². The van der Waals surface area contributed by atoms with Gasteiger partial charge in [0.1, 0.15) is 17.9 Å². The van der Waals surface area contributed by atoms with Gasteiger partial charge < -0.3 is 24.7 Å². The van der Waals surface area contributed by atoms with Gasteiger partial charge in [0.05, 0.1) is 23.7 Å². The van der Waals surface area contributed by atoms with Crippen molar-refractivity contribution < 1.29 is 28.5 Å². The van der Waals surface area contributed by atoms with Crippen LogP contribution in [0.1, 0.15) is 36.3 Å². The molecule has 190 valence electrons. The molecule has 0 saturated heterocycles. The van der Waals surface area contributed by atoms with Crippen LogP contribution in [0.15, 0.2) is 77.4 Å². The minimum atomic E-state index is -0.724. The van der Waals surface area contributed by atoms with E-state index in [0.717, 1.165) is 19.9 Å². The number of carbonyl (C=O) groups is 2. The van der Waals surface area contributed by atoms with E-state index in [2.05, 4.69) is 40.8 Å². The van der Waals surface area contributed by atoms with Gasteiger partial charge in [-0.2, -0.15) is 0 Å². The Kier molecular flexibility index (Phi) is 7.10. The summed E-state index contributed by atoms with van der Waals surface area (Å²) in [6, 6.07) is 18.0. The second kappa shape index (κ2) is 10.5. The maximum absolute atomic E-state index is 13.0. The van der Waals surface area contributed by atoms with Crippen molar-refractivity contribution in [1.29, 1.82) is 0 Å². The summed E-state index contributed by atoms with van der Waals surface area (Å²) in [5, 5.41) is 2.26. The van der Waals surface area contributed by atoms with E-state index in [0.29, 0.717) is 54.3 Å². The molecule has 3 aromatic carbocycles. The summed E-state index contributed by atoms with van der Waals surface area (Å²) < 4.78 is 23.5. The van der Waals surface area contributed by atoms with Crippen molar-refractivity contribution in [2.75, 3.05) is 14.2 Å². The predicted octanol–water partition coefficient (Wildman–Crippen LogP) is 5.50. The van der Waals surface area contributed by atoms with Crippen molar-refractivity contribution >= 4 is 45.1 Å². The molecule has 1 aliphatic heterocycles. The molecule has 7 nitrogen and oxygen atoms in total. The fourth-order valence-corrected chi connectivity index (χ4v) is 5.79. The Hall–Kier alpha value is -3.53. The summed E-state index contributed by atoms with van der Waals surface area (Å²) in [5.41, 5.74) is 8.47. The summed E-state index contributed by atoms with van der Waals surface area (Å²) >= 11 is 2.18. The zero-order valence-electron chi connectivity index (χ0n) is 20.5. The number of halogens is 1. The molecule has 1 heterocycles. The van der Waals surface area contributed by atoms with Crippen molar-refractivity contribution in [2.45, 2.75) is 31.8 Å². The molecular weight excluding hydrogens is 585 g/mol. The zero-order valence-corrected chi connectivity index (χ0v) is 22.7. The number of rotatable bonds is 6. The molecule has 0 fully saturated rings. The number of allylic oxidation sites excluding steroid dienone is 2. The highest BCUT2D eigenvalue weighted by molar-refractivity contribution is 14.1. The standard InChI is InChI=1S/C29H26INO6/c1-34-23-14-18(24-25-21(32)11-6-12-22(25)37-28(31)26(24)29(33)35-2)13-20(30)27(23)36-15-17-9-5-8-16-7-3-4-10-19(16)17/h3-5,7-10,13-14,24H,6,11-12,15,31H2,1-2H3/t24-/m1/s1. The Bertz CT molecular complexity index is 1470. The second-order valence-corrected chi connectivity index (χ2v) is 10.0. The number of ketones is 1. The molecule has 0 aromatic heterocycles. The summed E-state index contributed by atoms with van der Waals surface area (Å²) in [6.07, 6.45) is 1.63. The van der Waals surface area contributed by atoms with Crippen LogP contribution in [-0.2, 0) is 25.7 Å². The van der Waals surface area contributed by atoms with E-state index in [-0.39, 0.29) is 17.2 Å². The number of Topliss-reactive ketones (excluding diaryl/α,β-unsaturated/α-hetero) is 1. The van der Waals surface area contributed by atoms with Crippen LogP contribution in [0, 0.1) is 3.57 Å². The SMILES string of the molecule is COC(=O)C1=C(N)OC2=C(C(=O)CCC2)[C@H]1c1cc(I)c(OCc2cccc3ccccc23)c(OC)c1. The lowest BCUT2D eigenvalue weighted by Crippen LogP contribution is -2.31. The first-order valence-corrected chi connectivity index (χ1v) is 13.0. The van der Waals surface area contributed by atoms with Gasteiger partial charge in [0.15, 0.2) is 17.3 Å². The number of benzene rings is 3. The van der Waals surface area contributed by atoms with Crippen molar-refractivity contribution in [3.8, 4) is 11.5 Å². The number of fused-ring (bicyclic) bond motifs is 1. The molecule has 0 bridgehead atoms. The molecule has 3 aromatic rings. The van der Waals surface area contributed by atoms with Crippen LogP contribution in [-0.4, -0.2) is 26.0 Å². The summed E-state index contributed by atoms with van der Waals surface area (Å²) in [4.78, 5) is 25.8. The van der Waals surface area contributed by atoms with Gasteiger partial charge in [0.2, 0.25) is 5.88 Å². The maximum Gasteiger partial charge on any atom is 0.340 e. The number of hydrogen-bond acceptors (Lipinski definition) is 7. The van der Waals surface area contributed by atoms with E-state index >= 15 is 0 Å². The fourth-order valence-electron chi connectivity index (χ4n) is 5.01. The summed E-state index contributed by atoms with van der Waals surface area (Å²) in [6.45, 7) is 0.346. The van der Waals surface area contributed by atoms with Crippen LogP contribution in [0.4, 0.5) is 0 Å². The van der Waals surface area contributed by atoms with Gasteiger partial charge in [-0.3, -0.25) is 4.79 Å². The summed E-state index contributed by atoms with van der Waals surface area (Å²) in [7, 11) is 2.84. The average molecular weight is 611 g/mol. The minimum absolute atomic E-state index is 0.0458. The number of hydrogen-bond donors (Lipinski definition) is 1. The van der Waals surface area contributed by atoms with Crippen molar-refractivity contribution in [1.82, 2.24) is 0 Å². The molecule has 0 unspecified atom stereocenters. The van der Waals surface area contributed by atoms with Crippen LogP contribution in [0.5, 0.6) is 11.5 Å². The number of esters is 1. The first-order chi connectivity index (χ1) is 17.9. The molecule has 5 rings (SSSR count). The van der Waals surface area contributed by atoms with Gasteiger partial charge in [-0.15, -0.1) is 0 Å². The fraction of sp³-hybridized carbons (Fsp3) is 0.241. The molecular formula is C29H26INO6. The van der Waals surface area contributed by atoms with Gasteiger partial charge in [0, 0.05) is 18.4 Å². The first-order valence-electron chi connectivity index (χ1n) is 11.9. The lowest BCUT2D eigenvalue weighted by molar-refractivity contribution is -0.136. The van der Waals surface area contributed by atoms with Crippen molar-refractivity contribution in [3.63, 3.8) is 0 Å². The van der Waals surface area contributed by atoms with Gasteiger partial charge >= 0.3 is 5.97 Å². The molecule has 1 aliphatic carbocycles. The third kappa shape index (κ3) is 4.66. The van der Waals surface area contributed by atoms with E-state index in [1.54, 1.807) is 13.2 Å². The van der Waals surface area contributed by atoms with E-state index < -0.39 is 11.9 Å². The van der Waals surface area contributed by atoms with Crippen molar-refractivity contribution in [3.05, 3.63) is 92.1 Å². The van der Waals surface area contributed by atoms with Gasteiger partial charge in [0.25, 0.3) is 0 Å². The Morgan fingerprint density at radius 2 is 1.89 bits per heavy atom. The third-order valence-corrected chi connectivity index (χ3v) is 7.53. The van der Waals surface area contributed by atoms with Crippen LogP contribution >= 0.6 is 22.6 Å². The first kappa shape index (κ1) is 25.1. The molecule has 0 radical (unpaired) electrons. The highest BCUT2D eigenvalue weighted by atomic mass is 127. The zero-order chi connectivity index (χ0) is 26.1. The average Bonchev–Trinajstić information content (AvgIpc) is 2.91. The molecule has 2 N–H and O–H groups in total. The van der Waals surface area contributed by atoms with Gasteiger partial charge in [-0.05, 0) is 63.0 Å². The van der Waals surface area contributed by atoms with Crippen LogP contribution < -0.4 is 15.2 Å². The number of carbonyl (C=O) groups excluding carboxylic acids is 2. The van der Waals surface area contributed by atoms with Crippen LogP contribution in [0.25, 0.3) is 10.8 Å². The van der Waals surface area contributed by atoms with E-state index in [1.165, 1.54) is 7.11 Å². The Labute approximate surface area is 228 Å². The van der Waals surface area contributed by atoms with Crippen LogP contribution in [0.3, 0.4) is 0 Å². The Morgan fingerprint density at radius 1 is 1.11 bits per heavy atom. The quantitative estimate of drug-likeness (QED) is 0.291. The normalized spacial score (nSPS) is 17.4. The molecule has 0 amide bonds. The topological polar surface area (TPSA) is 97.1 Å². The number of nitrogens with two attached hydrogens (primary N) is 1. The molecule has 8 heteroatoms. The highest BCUT2D eigenvalue weighted by Gasteiger charge is 2.41. The van der Waals surface area contributed by atoms with E-state index in [4.69, 9.17) is 24.7 Å². The van der Waals surface area contributed by atoms with Gasteiger partial charge in [-0.1, -0.05) is 42.5 Å². The predicted molar refractivity (Wildman–Crippen MR) is 147 cm³/mol. The number of ether oxygens (including phenoxy) is 4. The van der Waals surface area contributed by atoms with E-state index in [9.17, 15) is 9.59 Å². The molecule has 37 heavy (non-hydrogen) atoms. The van der Waals surface area contributed by atoms with Gasteiger partial charge in [-0.25, -0.2) is 4.79 Å². The molecule has 0 saturated carbocycles. The largest absolute Gasteiger partial charge is 0.493 e. The monoisotopic (exact) mass is 611 g/mol. The van der Waals surface area contributed by atoms with E-state index in [1.807, 2.05) is 30.3 Å². The molecule has 2 aliphatic rings. The molecule has 0 spiro atoms. The second-order valence-electron chi connectivity index (χ2n) is 8.88. The lowest BCUT2D eigenvalue weighted by atomic mass is 9.77. The Morgan fingerprint density at radius 3 is 2.68 bits per heavy atom. The third-order valence-electron chi connectivity index (χ3n) is 6.73. The van der Waals surface area contributed by atoms with Crippen LogP contribution in [0.2, 0.25) is 0 Å². The lowest BCUT2D eigenvalue weighted by Gasteiger charge is -2.32.